The van der Waals surface area contributed by atoms with Crippen LogP contribution in [0.4, 0.5) is 0 Å². The Labute approximate surface area is 111 Å². The second-order valence-corrected chi connectivity index (χ2v) is 4.95. The zero-order valence-electron chi connectivity index (χ0n) is 10.8. The van der Waals surface area contributed by atoms with Crippen molar-refractivity contribution in [2.24, 2.45) is 5.92 Å². The first-order valence-electron chi connectivity index (χ1n) is 6.49. The number of hydrogen-bond donors (Lipinski definition) is 1. The monoisotopic (exact) mass is 256 g/mol. The molecule has 19 heavy (non-hydrogen) atoms. The molecule has 1 aromatic carbocycles. The summed E-state index contributed by atoms with van der Waals surface area (Å²) >= 11 is 0. The molecule has 1 aliphatic carbocycles. The number of rotatable bonds is 4. The Morgan fingerprint density at radius 1 is 1.32 bits per heavy atom. The summed E-state index contributed by atoms with van der Waals surface area (Å²) in [6, 6.07) is 9.12. The number of aromatic amines is 1. The van der Waals surface area contributed by atoms with Gasteiger partial charge in [-0.05, 0) is 43.0 Å². The molecule has 1 fully saturated rings. The molecule has 4 heteroatoms. The van der Waals surface area contributed by atoms with Crippen molar-refractivity contribution in [3.63, 3.8) is 0 Å². The van der Waals surface area contributed by atoms with Gasteiger partial charge in [0.2, 0.25) is 0 Å². The van der Waals surface area contributed by atoms with Crippen LogP contribution in [0.15, 0.2) is 35.1 Å². The third kappa shape index (κ3) is 2.84. The number of methoxy groups -OCH3 is 1. The highest BCUT2D eigenvalue weighted by Crippen LogP contribution is 2.31. The number of nitrogens with one attached hydrogen (secondary N) is 1. The molecule has 0 aliphatic heterocycles. The molecular weight excluding hydrogens is 240 g/mol. The van der Waals surface area contributed by atoms with E-state index in [2.05, 4.69) is 9.97 Å². The molecule has 4 nitrogen and oxygen atoms in total. The van der Waals surface area contributed by atoms with Crippen LogP contribution in [-0.2, 0) is 6.42 Å². The maximum Gasteiger partial charge on any atom is 0.251 e. The molecule has 0 unspecified atom stereocenters. The van der Waals surface area contributed by atoms with Crippen molar-refractivity contribution in [2.75, 3.05) is 7.11 Å². The van der Waals surface area contributed by atoms with E-state index in [1.54, 1.807) is 7.11 Å². The van der Waals surface area contributed by atoms with Gasteiger partial charge in [-0.3, -0.25) is 4.79 Å². The number of ether oxygens (including phenoxy) is 1. The quantitative estimate of drug-likeness (QED) is 0.913. The molecule has 0 saturated heterocycles. The Morgan fingerprint density at radius 3 is 2.68 bits per heavy atom. The predicted octanol–water partition coefficient (Wildman–Crippen LogP) is 2.40. The first-order valence-corrected chi connectivity index (χ1v) is 6.49. The van der Waals surface area contributed by atoms with Gasteiger partial charge in [-0.25, -0.2) is 4.98 Å². The lowest BCUT2D eigenvalue weighted by molar-refractivity contribution is 0.415. The van der Waals surface area contributed by atoms with Crippen LogP contribution in [0.25, 0.3) is 11.3 Å². The molecule has 1 saturated carbocycles. The zero-order chi connectivity index (χ0) is 13.2. The van der Waals surface area contributed by atoms with Crippen molar-refractivity contribution in [1.82, 2.24) is 9.97 Å². The Balaban J connectivity index is 1.93. The minimum absolute atomic E-state index is 0.0866. The molecule has 0 bridgehead atoms. The van der Waals surface area contributed by atoms with E-state index in [1.807, 2.05) is 24.3 Å². The summed E-state index contributed by atoms with van der Waals surface area (Å²) in [5, 5.41) is 0. The van der Waals surface area contributed by atoms with Crippen LogP contribution in [0.5, 0.6) is 5.75 Å². The summed E-state index contributed by atoms with van der Waals surface area (Å²) in [6.07, 6.45) is 3.37. The van der Waals surface area contributed by atoms with Crippen molar-refractivity contribution in [3.8, 4) is 17.0 Å². The van der Waals surface area contributed by atoms with Gasteiger partial charge >= 0.3 is 0 Å². The normalized spacial score (nSPS) is 14.4. The first-order chi connectivity index (χ1) is 9.24. The number of hydrogen-bond acceptors (Lipinski definition) is 3. The van der Waals surface area contributed by atoms with E-state index in [0.29, 0.717) is 5.92 Å². The van der Waals surface area contributed by atoms with Gasteiger partial charge in [-0.2, -0.15) is 0 Å². The molecule has 0 spiro atoms. The second kappa shape index (κ2) is 4.88. The lowest BCUT2D eigenvalue weighted by Gasteiger charge is -2.05. The minimum atomic E-state index is -0.0866. The highest BCUT2D eigenvalue weighted by molar-refractivity contribution is 5.59. The van der Waals surface area contributed by atoms with Crippen molar-refractivity contribution in [1.29, 1.82) is 0 Å². The van der Waals surface area contributed by atoms with Gasteiger partial charge in [0.1, 0.15) is 11.6 Å². The lowest BCUT2D eigenvalue weighted by Crippen LogP contribution is -2.11. The van der Waals surface area contributed by atoms with Crippen LogP contribution in [0, 0.1) is 5.92 Å². The van der Waals surface area contributed by atoms with Gasteiger partial charge in [0, 0.05) is 18.1 Å². The van der Waals surface area contributed by atoms with E-state index < -0.39 is 0 Å². The average Bonchev–Trinajstić information content (AvgIpc) is 3.22. The summed E-state index contributed by atoms with van der Waals surface area (Å²) in [7, 11) is 1.63. The van der Waals surface area contributed by atoms with Crippen molar-refractivity contribution in [3.05, 3.63) is 46.5 Å². The van der Waals surface area contributed by atoms with Crippen LogP contribution >= 0.6 is 0 Å². The Morgan fingerprint density at radius 2 is 2.05 bits per heavy atom. The van der Waals surface area contributed by atoms with E-state index in [1.165, 1.54) is 18.9 Å². The van der Waals surface area contributed by atoms with E-state index in [0.717, 1.165) is 29.3 Å². The third-order valence-electron chi connectivity index (χ3n) is 3.36. The van der Waals surface area contributed by atoms with Crippen LogP contribution < -0.4 is 10.3 Å². The Kier molecular flexibility index (Phi) is 3.07. The van der Waals surface area contributed by atoms with Crippen LogP contribution in [0.3, 0.4) is 0 Å². The molecule has 1 heterocycles. The second-order valence-electron chi connectivity index (χ2n) is 4.95. The SMILES string of the molecule is COc1ccc(-c2cc(=O)[nH]c(CC3CC3)n2)cc1. The van der Waals surface area contributed by atoms with Crippen molar-refractivity contribution in [2.45, 2.75) is 19.3 Å². The van der Waals surface area contributed by atoms with Crippen LogP contribution in [0.2, 0.25) is 0 Å². The highest BCUT2D eigenvalue weighted by atomic mass is 16.5. The standard InChI is InChI=1S/C15H16N2O2/c1-19-12-6-4-11(5-7-12)13-9-15(18)17-14(16-13)8-10-2-3-10/h4-7,9-10H,2-3,8H2,1H3,(H,16,17,18). The summed E-state index contributed by atoms with van der Waals surface area (Å²) in [5.41, 5.74) is 1.57. The van der Waals surface area contributed by atoms with E-state index in [4.69, 9.17) is 4.74 Å². The minimum Gasteiger partial charge on any atom is -0.497 e. The molecule has 1 N–H and O–H groups in total. The van der Waals surface area contributed by atoms with Gasteiger partial charge in [0.15, 0.2) is 0 Å². The van der Waals surface area contributed by atoms with E-state index in [-0.39, 0.29) is 5.56 Å². The molecule has 3 rings (SSSR count). The maximum atomic E-state index is 11.7. The third-order valence-corrected chi connectivity index (χ3v) is 3.36. The largest absolute Gasteiger partial charge is 0.497 e. The average molecular weight is 256 g/mol. The molecule has 1 aliphatic rings. The van der Waals surface area contributed by atoms with E-state index in [9.17, 15) is 4.79 Å². The highest BCUT2D eigenvalue weighted by Gasteiger charge is 2.22. The molecule has 0 radical (unpaired) electrons. The van der Waals surface area contributed by atoms with Crippen LogP contribution in [0.1, 0.15) is 18.7 Å². The number of nitrogens with zero attached hydrogens (tertiary/aromatic N) is 1. The first kappa shape index (κ1) is 12.0. The summed E-state index contributed by atoms with van der Waals surface area (Å²) in [5.74, 6) is 2.29. The fraction of sp³-hybridized carbons (Fsp3) is 0.333. The van der Waals surface area contributed by atoms with Gasteiger partial charge in [0.05, 0.1) is 12.8 Å². The fourth-order valence-electron chi connectivity index (χ4n) is 2.11. The molecule has 0 amide bonds. The van der Waals surface area contributed by atoms with Gasteiger partial charge < -0.3 is 9.72 Å². The predicted molar refractivity (Wildman–Crippen MR) is 73.3 cm³/mol. The topological polar surface area (TPSA) is 55.0 Å². The van der Waals surface area contributed by atoms with Crippen molar-refractivity contribution < 1.29 is 4.74 Å². The number of aromatic nitrogens is 2. The molecule has 0 atom stereocenters. The molecule has 98 valence electrons. The lowest BCUT2D eigenvalue weighted by atomic mass is 10.1. The summed E-state index contributed by atoms with van der Waals surface area (Å²) in [6.45, 7) is 0. The van der Waals surface area contributed by atoms with Crippen molar-refractivity contribution >= 4 is 0 Å². The Hall–Kier alpha value is -2.10. The summed E-state index contributed by atoms with van der Waals surface area (Å²) < 4.78 is 5.13. The fourth-order valence-corrected chi connectivity index (χ4v) is 2.11. The van der Waals surface area contributed by atoms with Crippen LogP contribution in [-0.4, -0.2) is 17.1 Å². The van der Waals surface area contributed by atoms with Gasteiger partial charge in [-0.1, -0.05) is 0 Å². The van der Waals surface area contributed by atoms with Gasteiger partial charge in [-0.15, -0.1) is 0 Å². The maximum absolute atomic E-state index is 11.7. The molecule has 1 aromatic heterocycles. The summed E-state index contributed by atoms with van der Waals surface area (Å²) in [4.78, 5) is 19.1. The molecular formula is C15H16N2O2. The van der Waals surface area contributed by atoms with E-state index >= 15 is 0 Å². The Bertz CT molecular complexity index is 627. The zero-order valence-corrected chi connectivity index (χ0v) is 10.8. The number of H-pyrrole nitrogens is 1. The molecule has 2 aromatic rings. The smallest absolute Gasteiger partial charge is 0.251 e. The number of benzene rings is 1. The van der Waals surface area contributed by atoms with Gasteiger partial charge in [0.25, 0.3) is 5.56 Å².